The lowest BCUT2D eigenvalue weighted by atomic mass is 9.90. The summed E-state index contributed by atoms with van der Waals surface area (Å²) in [6, 6.07) is 3.56. The molecule has 2 aliphatic rings. The summed E-state index contributed by atoms with van der Waals surface area (Å²) in [5, 5.41) is 2.99. The van der Waals surface area contributed by atoms with Crippen molar-refractivity contribution < 1.29 is 9.59 Å². The quantitative estimate of drug-likeness (QED) is 0.598. The molecule has 1 saturated carbocycles. The Kier molecular flexibility index (Phi) is 5.81. The first kappa shape index (κ1) is 18.4. The van der Waals surface area contributed by atoms with Crippen molar-refractivity contribution >= 4 is 34.9 Å². The molecule has 1 aliphatic carbocycles. The molecule has 2 fully saturated rings. The smallest absolute Gasteiger partial charge is 0.323 e. The van der Waals surface area contributed by atoms with Crippen LogP contribution >= 0.6 is 22.9 Å². The van der Waals surface area contributed by atoms with Gasteiger partial charge in [0.05, 0.1) is 11.0 Å². The maximum absolute atomic E-state index is 13.0. The minimum atomic E-state index is -0.681. The molecule has 0 aromatic carbocycles. The highest BCUT2D eigenvalue weighted by Crippen LogP contribution is 2.33. The minimum Gasteiger partial charge on any atom is -0.323 e. The first-order chi connectivity index (χ1) is 12.0. The van der Waals surface area contributed by atoms with E-state index in [4.69, 9.17) is 11.6 Å². The molecule has 0 atom stereocenters. The molecule has 1 saturated heterocycles. The number of thiophene rings is 1. The number of carbonyl (C=O) groups excluding carboxylic acids is 2. The lowest BCUT2D eigenvalue weighted by Gasteiger charge is -2.27. The lowest BCUT2D eigenvalue weighted by Crippen LogP contribution is -2.47. The number of hydrogen-bond donors (Lipinski definition) is 1. The first-order valence-electron chi connectivity index (χ1n) is 8.76. The highest BCUT2D eigenvalue weighted by atomic mass is 35.5. The van der Waals surface area contributed by atoms with Gasteiger partial charge < -0.3 is 5.32 Å². The molecule has 0 radical (unpaired) electrons. The molecule has 5 nitrogen and oxygen atoms in total. The molecule has 3 amide bonds. The Labute approximate surface area is 157 Å². The van der Waals surface area contributed by atoms with E-state index >= 15 is 0 Å². The fraction of sp³-hybridized carbons (Fsp3) is 0.556. The molecule has 0 bridgehead atoms. The number of carbonyl (C=O) groups is 2. The number of halogens is 1. The molecule has 2 heterocycles. The van der Waals surface area contributed by atoms with Crippen LogP contribution in [0.2, 0.25) is 4.34 Å². The third kappa shape index (κ3) is 4.07. The van der Waals surface area contributed by atoms with Crippen LogP contribution < -0.4 is 5.32 Å². The number of hydrogen-bond acceptors (Lipinski definition) is 4. The van der Waals surface area contributed by atoms with Crippen molar-refractivity contribution in [2.45, 2.75) is 50.6 Å². The van der Waals surface area contributed by atoms with E-state index in [1.807, 2.05) is 17.0 Å². The zero-order valence-electron chi connectivity index (χ0n) is 14.3. The van der Waals surface area contributed by atoms with Gasteiger partial charge in [0.25, 0.3) is 5.91 Å². The number of nitrogens with one attached hydrogen (secondary N) is 1. The molecule has 136 valence electrons. The first-order valence-corrected chi connectivity index (χ1v) is 9.95. The Morgan fingerprint density at radius 3 is 2.60 bits per heavy atom. The van der Waals surface area contributed by atoms with Crippen molar-refractivity contribution in [3.63, 3.8) is 0 Å². The third-order valence-corrected chi connectivity index (χ3v) is 6.16. The van der Waals surface area contributed by atoms with Crippen LogP contribution in [0, 0.1) is 0 Å². The summed E-state index contributed by atoms with van der Waals surface area (Å²) in [4.78, 5) is 30.0. The SMILES string of the molecule is C=CCN(Cc1ccc(Cl)s1)CN1C(=O)NC2(CCCCCC2)C1=O. The van der Waals surface area contributed by atoms with E-state index in [0.717, 1.165) is 47.7 Å². The predicted octanol–water partition coefficient (Wildman–Crippen LogP) is 3.99. The largest absolute Gasteiger partial charge is 0.326 e. The highest BCUT2D eigenvalue weighted by Gasteiger charge is 2.50. The molecule has 1 aromatic rings. The summed E-state index contributed by atoms with van der Waals surface area (Å²) in [5.74, 6) is -0.0716. The highest BCUT2D eigenvalue weighted by molar-refractivity contribution is 7.16. The van der Waals surface area contributed by atoms with Gasteiger partial charge in [0, 0.05) is 18.0 Å². The van der Waals surface area contributed by atoms with Crippen molar-refractivity contribution in [2.75, 3.05) is 13.2 Å². The molecule has 1 N–H and O–H groups in total. The second-order valence-electron chi connectivity index (χ2n) is 6.81. The van der Waals surface area contributed by atoms with Crippen LogP contribution in [0.3, 0.4) is 0 Å². The molecule has 25 heavy (non-hydrogen) atoms. The summed E-state index contributed by atoms with van der Waals surface area (Å²) >= 11 is 7.51. The standard InChI is InChI=1S/C18H24ClN3O2S/c1-2-11-21(12-14-7-8-15(19)25-14)13-22-16(23)18(20-17(22)24)9-5-3-4-6-10-18/h2,7-8H,1,3-6,9-13H2,(H,20,24). The Morgan fingerprint density at radius 1 is 1.28 bits per heavy atom. The van der Waals surface area contributed by atoms with Crippen LogP contribution in [0.5, 0.6) is 0 Å². The Bertz CT molecular complexity index is 653. The third-order valence-electron chi connectivity index (χ3n) is 4.94. The topological polar surface area (TPSA) is 52.6 Å². The van der Waals surface area contributed by atoms with Crippen LogP contribution in [-0.4, -0.2) is 40.5 Å². The average molecular weight is 382 g/mol. The van der Waals surface area contributed by atoms with E-state index in [-0.39, 0.29) is 18.6 Å². The summed E-state index contributed by atoms with van der Waals surface area (Å²) < 4.78 is 0.737. The van der Waals surface area contributed by atoms with E-state index in [1.165, 1.54) is 16.2 Å². The predicted molar refractivity (Wildman–Crippen MR) is 101 cm³/mol. The normalized spacial score (nSPS) is 20.2. The fourth-order valence-corrected chi connectivity index (χ4v) is 4.82. The molecule has 0 unspecified atom stereocenters. The number of rotatable bonds is 6. The van der Waals surface area contributed by atoms with Gasteiger partial charge in [-0.25, -0.2) is 9.69 Å². The van der Waals surface area contributed by atoms with Gasteiger partial charge in [0.1, 0.15) is 5.54 Å². The maximum atomic E-state index is 13.0. The summed E-state index contributed by atoms with van der Waals surface area (Å²) in [6.45, 7) is 5.29. The molecule has 1 aliphatic heterocycles. The van der Waals surface area contributed by atoms with Gasteiger partial charge in [-0.3, -0.25) is 9.69 Å². The van der Waals surface area contributed by atoms with Gasteiger partial charge in [-0.15, -0.1) is 17.9 Å². The van der Waals surface area contributed by atoms with Gasteiger partial charge in [-0.1, -0.05) is 43.4 Å². The van der Waals surface area contributed by atoms with E-state index in [0.29, 0.717) is 13.1 Å². The monoisotopic (exact) mass is 381 g/mol. The van der Waals surface area contributed by atoms with E-state index in [9.17, 15) is 9.59 Å². The van der Waals surface area contributed by atoms with Gasteiger partial charge in [-0.2, -0.15) is 0 Å². The second kappa shape index (κ2) is 7.89. The molecular weight excluding hydrogens is 358 g/mol. The van der Waals surface area contributed by atoms with E-state index in [2.05, 4.69) is 11.9 Å². The average Bonchev–Trinajstić information content (AvgIpc) is 2.96. The molecule has 7 heteroatoms. The molecule has 1 spiro atoms. The fourth-order valence-electron chi connectivity index (χ4n) is 3.69. The lowest BCUT2D eigenvalue weighted by molar-refractivity contribution is -0.133. The molecule has 3 rings (SSSR count). The second-order valence-corrected chi connectivity index (χ2v) is 8.61. The summed E-state index contributed by atoms with van der Waals surface area (Å²) in [7, 11) is 0. The minimum absolute atomic E-state index is 0.0716. The number of amides is 3. The van der Waals surface area contributed by atoms with Crippen LogP contribution in [0.1, 0.15) is 43.4 Å². The molecular formula is C18H24ClN3O2S. The summed E-state index contributed by atoms with van der Waals surface area (Å²) in [5.41, 5.74) is -0.681. The maximum Gasteiger partial charge on any atom is 0.326 e. The Morgan fingerprint density at radius 2 is 2.00 bits per heavy atom. The zero-order valence-corrected chi connectivity index (χ0v) is 15.9. The van der Waals surface area contributed by atoms with Crippen molar-refractivity contribution in [3.8, 4) is 0 Å². The Balaban J connectivity index is 1.71. The van der Waals surface area contributed by atoms with Crippen LogP contribution in [0.4, 0.5) is 4.79 Å². The summed E-state index contributed by atoms with van der Waals surface area (Å²) in [6.07, 6.45) is 7.52. The van der Waals surface area contributed by atoms with Crippen LogP contribution in [-0.2, 0) is 11.3 Å². The number of nitrogens with zero attached hydrogens (tertiary/aromatic N) is 2. The van der Waals surface area contributed by atoms with Gasteiger partial charge in [-0.05, 0) is 25.0 Å². The van der Waals surface area contributed by atoms with Gasteiger partial charge in [0.15, 0.2) is 0 Å². The number of imide groups is 1. The van der Waals surface area contributed by atoms with Crippen molar-refractivity contribution in [2.24, 2.45) is 0 Å². The van der Waals surface area contributed by atoms with Crippen molar-refractivity contribution in [3.05, 3.63) is 34.0 Å². The van der Waals surface area contributed by atoms with E-state index in [1.54, 1.807) is 6.08 Å². The van der Waals surface area contributed by atoms with Crippen molar-refractivity contribution in [1.29, 1.82) is 0 Å². The zero-order chi connectivity index (χ0) is 17.9. The van der Waals surface area contributed by atoms with E-state index < -0.39 is 5.54 Å². The molecule has 1 aromatic heterocycles. The van der Waals surface area contributed by atoms with Crippen LogP contribution in [0.15, 0.2) is 24.8 Å². The van der Waals surface area contributed by atoms with Crippen molar-refractivity contribution in [1.82, 2.24) is 15.1 Å². The number of urea groups is 1. The Hall–Kier alpha value is -1.37. The van der Waals surface area contributed by atoms with Gasteiger partial charge >= 0.3 is 6.03 Å². The van der Waals surface area contributed by atoms with Crippen LogP contribution in [0.25, 0.3) is 0 Å². The van der Waals surface area contributed by atoms with Gasteiger partial charge in [0.2, 0.25) is 0 Å².